The third-order valence-corrected chi connectivity index (χ3v) is 6.51. The summed E-state index contributed by atoms with van der Waals surface area (Å²) in [4.78, 5) is 4.01. The number of hydrogen-bond donors (Lipinski definition) is 0. The Bertz CT molecular complexity index is 543. The van der Waals surface area contributed by atoms with Crippen LogP contribution in [0.2, 0.25) is 0 Å². The second kappa shape index (κ2) is 4.92. The Morgan fingerprint density at radius 2 is 1.95 bits per heavy atom. The molecule has 2 unspecified atom stereocenters. The van der Waals surface area contributed by atoms with Gasteiger partial charge in [-0.1, -0.05) is 26.8 Å². The summed E-state index contributed by atoms with van der Waals surface area (Å²) in [6.07, 6.45) is 3.06. The van der Waals surface area contributed by atoms with Gasteiger partial charge in [-0.25, -0.2) is 0 Å². The maximum absolute atomic E-state index is 6.50. The largest absolute Gasteiger partial charge is 0.487 e. The van der Waals surface area contributed by atoms with E-state index in [2.05, 4.69) is 43.9 Å². The van der Waals surface area contributed by atoms with Crippen LogP contribution in [0.3, 0.4) is 0 Å². The van der Waals surface area contributed by atoms with Crippen molar-refractivity contribution in [3.05, 3.63) is 23.8 Å². The van der Waals surface area contributed by atoms with E-state index in [1.165, 1.54) is 42.1 Å². The molecule has 0 N–H and O–H groups in total. The van der Waals surface area contributed by atoms with Crippen LogP contribution in [0.25, 0.3) is 0 Å². The molecule has 0 spiro atoms. The maximum atomic E-state index is 6.50. The SMILES string of the molecule is CC(C)(C)c1ccc2c(c1)SCC1C(O2)C2CCN1CC2. The van der Waals surface area contributed by atoms with E-state index in [0.29, 0.717) is 12.1 Å². The van der Waals surface area contributed by atoms with Gasteiger partial charge in [0.05, 0.1) is 6.04 Å². The Kier molecular flexibility index (Phi) is 3.27. The van der Waals surface area contributed by atoms with E-state index in [-0.39, 0.29) is 5.41 Å². The predicted molar refractivity (Wildman–Crippen MR) is 88.4 cm³/mol. The number of hydrogen-bond acceptors (Lipinski definition) is 3. The molecule has 0 aromatic heterocycles. The topological polar surface area (TPSA) is 12.5 Å². The number of thioether (sulfide) groups is 1. The first-order chi connectivity index (χ1) is 10.0. The lowest BCUT2D eigenvalue weighted by Crippen LogP contribution is -2.60. The molecule has 5 rings (SSSR count). The first kappa shape index (κ1) is 14.0. The van der Waals surface area contributed by atoms with E-state index < -0.39 is 0 Å². The van der Waals surface area contributed by atoms with Crippen LogP contribution in [0.15, 0.2) is 23.1 Å². The molecule has 4 aliphatic heterocycles. The predicted octanol–water partition coefficient (Wildman–Crippen LogP) is 3.93. The van der Waals surface area contributed by atoms with Crippen molar-refractivity contribution in [1.82, 2.24) is 4.90 Å². The summed E-state index contributed by atoms with van der Waals surface area (Å²) in [5.41, 5.74) is 1.61. The van der Waals surface area contributed by atoms with E-state index in [9.17, 15) is 0 Å². The first-order valence-electron chi connectivity index (χ1n) is 8.20. The number of fused-ring (bicyclic) bond motifs is 3. The molecule has 21 heavy (non-hydrogen) atoms. The lowest BCUT2D eigenvalue weighted by Gasteiger charge is -2.49. The minimum atomic E-state index is 0.206. The molecule has 0 saturated carbocycles. The monoisotopic (exact) mass is 303 g/mol. The van der Waals surface area contributed by atoms with Crippen LogP contribution >= 0.6 is 11.8 Å². The van der Waals surface area contributed by atoms with Gasteiger partial charge in [0, 0.05) is 10.6 Å². The standard InChI is InChI=1S/C18H25NOS/c1-18(2,3)13-4-5-15-16(10-13)21-11-14-17(20-15)12-6-8-19(14)9-7-12/h4-5,10,12,14,17H,6-9,11H2,1-3H3. The maximum Gasteiger partial charge on any atom is 0.133 e. The summed E-state index contributed by atoms with van der Waals surface area (Å²) in [5, 5.41) is 0. The molecule has 1 aromatic rings. The Hall–Kier alpha value is -0.670. The van der Waals surface area contributed by atoms with Crippen LogP contribution in [0.1, 0.15) is 39.2 Å². The smallest absolute Gasteiger partial charge is 0.133 e. The van der Waals surface area contributed by atoms with Gasteiger partial charge in [-0.05, 0) is 55.0 Å². The van der Waals surface area contributed by atoms with Crippen LogP contribution in [0.5, 0.6) is 5.75 Å². The lowest BCUT2D eigenvalue weighted by molar-refractivity contribution is -0.0484. The van der Waals surface area contributed by atoms with Crippen molar-refractivity contribution in [1.29, 1.82) is 0 Å². The van der Waals surface area contributed by atoms with E-state index in [1.54, 1.807) is 0 Å². The third kappa shape index (κ3) is 2.39. The van der Waals surface area contributed by atoms with Gasteiger partial charge in [0.25, 0.3) is 0 Å². The number of piperidine rings is 3. The molecule has 2 nitrogen and oxygen atoms in total. The molecule has 4 aliphatic rings. The summed E-state index contributed by atoms with van der Waals surface area (Å²) in [7, 11) is 0. The molecule has 0 radical (unpaired) electrons. The zero-order valence-corrected chi connectivity index (χ0v) is 14.1. The second-order valence-electron chi connectivity index (χ2n) is 7.75. The van der Waals surface area contributed by atoms with Gasteiger partial charge in [0.1, 0.15) is 11.9 Å². The van der Waals surface area contributed by atoms with Crippen molar-refractivity contribution >= 4 is 11.8 Å². The van der Waals surface area contributed by atoms with Gasteiger partial charge in [-0.3, -0.25) is 4.90 Å². The summed E-state index contributed by atoms with van der Waals surface area (Å²) >= 11 is 2.00. The highest BCUT2D eigenvalue weighted by molar-refractivity contribution is 7.99. The normalized spacial score (nSPS) is 34.6. The molecule has 114 valence electrons. The number of nitrogens with zero attached hydrogens (tertiary/aromatic N) is 1. The van der Waals surface area contributed by atoms with Gasteiger partial charge in [-0.2, -0.15) is 0 Å². The van der Waals surface area contributed by atoms with Crippen molar-refractivity contribution in [3.63, 3.8) is 0 Å². The van der Waals surface area contributed by atoms with Crippen molar-refractivity contribution < 1.29 is 4.74 Å². The minimum Gasteiger partial charge on any atom is -0.487 e. The average Bonchev–Trinajstić information content (AvgIpc) is 2.67. The molecule has 3 saturated heterocycles. The Balaban J connectivity index is 1.67. The molecule has 1 aromatic carbocycles. The highest BCUT2D eigenvalue weighted by Gasteiger charge is 2.45. The zero-order chi connectivity index (χ0) is 14.6. The minimum absolute atomic E-state index is 0.206. The average molecular weight is 303 g/mol. The molecule has 3 fully saturated rings. The number of rotatable bonds is 0. The summed E-state index contributed by atoms with van der Waals surface area (Å²) in [6.45, 7) is 9.40. The highest BCUT2D eigenvalue weighted by Crippen LogP contribution is 2.44. The van der Waals surface area contributed by atoms with Gasteiger partial charge in [0.15, 0.2) is 0 Å². The molecule has 0 amide bonds. The Labute approximate surface area is 132 Å². The van der Waals surface area contributed by atoms with Crippen LogP contribution < -0.4 is 4.74 Å². The Morgan fingerprint density at radius 1 is 1.19 bits per heavy atom. The molecular weight excluding hydrogens is 278 g/mol. The quantitative estimate of drug-likeness (QED) is 0.720. The fourth-order valence-electron chi connectivity index (χ4n) is 3.98. The summed E-state index contributed by atoms with van der Waals surface area (Å²) < 4.78 is 6.50. The molecule has 0 aliphatic carbocycles. The van der Waals surface area contributed by atoms with Crippen molar-refractivity contribution in [2.75, 3.05) is 18.8 Å². The van der Waals surface area contributed by atoms with Gasteiger partial charge >= 0.3 is 0 Å². The van der Waals surface area contributed by atoms with Crippen LogP contribution in [-0.4, -0.2) is 35.9 Å². The summed E-state index contributed by atoms with van der Waals surface area (Å²) in [5.74, 6) is 3.07. The second-order valence-corrected chi connectivity index (χ2v) is 8.81. The van der Waals surface area contributed by atoms with E-state index >= 15 is 0 Å². The van der Waals surface area contributed by atoms with E-state index in [0.717, 1.165) is 11.7 Å². The Morgan fingerprint density at radius 3 is 2.67 bits per heavy atom. The molecule has 4 heterocycles. The molecule has 2 atom stereocenters. The fraction of sp³-hybridized carbons (Fsp3) is 0.667. The van der Waals surface area contributed by atoms with Crippen LogP contribution in [0.4, 0.5) is 0 Å². The van der Waals surface area contributed by atoms with Gasteiger partial charge in [-0.15, -0.1) is 11.8 Å². The molecule has 2 bridgehead atoms. The third-order valence-electron chi connectivity index (χ3n) is 5.37. The van der Waals surface area contributed by atoms with Crippen molar-refractivity contribution in [2.45, 2.75) is 56.1 Å². The van der Waals surface area contributed by atoms with Crippen molar-refractivity contribution in [2.24, 2.45) is 5.92 Å². The van der Waals surface area contributed by atoms with Gasteiger partial charge in [0.2, 0.25) is 0 Å². The number of benzene rings is 1. The molecule has 3 heteroatoms. The number of ether oxygens (including phenoxy) is 1. The van der Waals surface area contributed by atoms with E-state index in [1.807, 2.05) is 11.8 Å². The van der Waals surface area contributed by atoms with Crippen LogP contribution in [-0.2, 0) is 5.41 Å². The highest BCUT2D eigenvalue weighted by atomic mass is 32.2. The van der Waals surface area contributed by atoms with Gasteiger partial charge < -0.3 is 4.74 Å². The lowest BCUT2D eigenvalue weighted by atomic mass is 9.81. The van der Waals surface area contributed by atoms with Crippen LogP contribution in [0, 0.1) is 5.92 Å². The van der Waals surface area contributed by atoms with Crippen molar-refractivity contribution in [3.8, 4) is 5.75 Å². The zero-order valence-electron chi connectivity index (χ0n) is 13.3. The fourth-order valence-corrected chi connectivity index (χ4v) is 5.20. The first-order valence-corrected chi connectivity index (χ1v) is 9.19. The summed E-state index contributed by atoms with van der Waals surface area (Å²) in [6, 6.07) is 7.44. The van der Waals surface area contributed by atoms with E-state index in [4.69, 9.17) is 4.74 Å². The molecular formula is C18H25NOS.